The number of halogens is 3. The normalized spacial score (nSPS) is 17.5. The Balaban J connectivity index is 2.05. The molecule has 24 heavy (non-hydrogen) atoms. The molecule has 1 amide bonds. The number of aryl methyl sites for hydroxylation is 1. The van der Waals surface area contributed by atoms with Gasteiger partial charge in [-0.25, -0.2) is 0 Å². The van der Waals surface area contributed by atoms with Gasteiger partial charge in [0.2, 0.25) is 0 Å². The van der Waals surface area contributed by atoms with Crippen LogP contribution in [0.3, 0.4) is 0 Å². The fourth-order valence-electron chi connectivity index (χ4n) is 2.71. The van der Waals surface area contributed by atoms with Crippen molar-refractivity contribution >= 4 is 11.7 Å². The number of carbonyl (C=O) groups excluding carboxylic acids is 2. The van der Waals surface area contributed by atoms with Gasteiger partial charge in [-0.05, 0) is 13.0 Å². The van der Waals surface area contributed by atoms with Crippen LogP contribution in [0.25, 0.3) is 0 Å². The maximum absolute atomic E-state index is 13.3. The zero-order valence-corrected chi connectivity index (χ0v) is 13.6. The zero-order chi connectivity index (χ0) is 17.9. The number of Topliss-reactive ketones (excluding diaryl/α,β-unsaturated/α-hetero) is 1. The van der Waals surface area contributed by atoms with Crippen molar-refractivity contribution in [2.45, 2.75) is 19.1 Å². The first-order valence-corrected chi connectivity index (χ1v) is 7.67. The van der Waals surface area contributed by atoms with Crippen molar-refractivity contribution < 1.29 is 22.8 Å². The standard InChI is InChI=1S/C15H21F3N4O2/c1-10(23)11-7-12(21(2)9-11)14(24)20-8-13(15(16,17)18)22-5-3-19-4-6-22/h7,9,13,19H,3-6,8H2,1-2H3,(H,20,24). The molecule has 0 spiro atoms. The minimum atomic E-state index is -4.43. The summed E-state index contributed by atoms with van der Waals surface area (Å²) in [6.07, 6.45) is -2.95. The second-order valence-electron chi connectivity index (χ2n) is 5.83. The van der Waals surface area contributed by atoms with Gasteiger partial charge in [-0.3, -0.25) is 14.5 Å². The quantitative estimate of drug-likeness (QED) is 0.774. The Bertz CT molecular complexity index is 606. The molecule has 0 aromatic carbocycles. The molecule has 1 aliphatic rings. The molecule has 1 unspecified atom stereocenters. The molecule has 0 bridgehead atoms. The Hall–Kier alpha value is -1.87. The van der Waals surface area contributed by atoms with E-state index >= 15 is 0 Å². The number of hydrogen-bond donors (Lipinski definition) is 2. The minimum Gasteiger partial charge on any atom is -0.349 e. The Morgan fingerprint density at radius 1 is 1.33 bits per heavy atom. The van der Waals surface area contributed by atoms with Crippen molar-refractivity contribution in [1.29, 1.82) is 0 Å². The summed E-state index contributed by atoms with van der Waals surface area (Å²) in [4.78, 5) is 24.8. The molecule has 1 saturated heterocycles. The first-order chi connectivity index (χ1) is 11.2. The van der Waals surface area contributed by atoms with Gasteiger partial charge in [0.05, 0.1) is 0 Å². The highest BCUT2D eigenvalue weighted by Gasteiger charge is 2.43. The van der Waals surface area contributed by atoms with E-state index in [1.54, 1.807) is 7.05 Å². The molecular formula is C15H21F3N4O2. The van der Waals surface area contributed by atoms with Gasteiger partial charge < -0.3 is 15.2 Å². The second kappa shape index (κ2) is 7.35. The van der Waals surface area contributed by atoms with Crippen LogP contribution in [-0.4, -0.2) is 66.1 Å². The summed E-state index contributed by atoms with van der Waals surface area (Å²) < 4.78 is 41.3. The number of rotatable bonds is 5. The highest BCUT2D eigenvalue weighted by atomic mass is 19.4. The SMILES string of the molecule is CC(=O)c1cc(C(=O)NCC(N2CCNCC2)C(F)(F)F)n(C)c1. The average molecular weight is 346 g/mol. The van der Waals surface area contributed by atoms with Gasteiger partial charge >= 0.3 is 6.18 Å². The van der Waals surface area contributed by atoms with Crippen LogP contribution in [0.1, 0.15) is 27.8 Å². The summed E-state index contributed by atoms with van der Waals surface area (Å²) >= 11 is 0. The topological polar surface area (TPSA) is 66.4 Å². The van der Waals surface area contributed by atoms with E-state index in [0.717, 1.165) is 0 Å². The van der Waals surface area contributed by atoms with Crippen molar-refractivity contribution in [1.82, 2.24) is 20.1 Å². The van der Waals surface area contributed by atoms with Crippen LogP contribution >= 0.6 is 0 Å². The first-order valence-electron chi connectivity index (χ1n) is 7.67. The van der Waals surface area contributed by atoms with Gasteiger partial charge in [-0.15, -0.1) is 0 Å². The van der Waals surface area contributed by atoms with Crippen LogP contribution in [0.15, 0.2) is 12.3 Å². The monoisotopic (exact) mass is 346 g/mol. The van der Waals surface area contributed by atoms with Gasteiger partial charge in [0, 0.05) is 51.5 Å². The van der Waals surface area contributed by atoms with Crippen LogP contribution in [0.4, 0.5) is 13.2 Å². The molecule has 1 atom stereocenters. The first kappa shape index (κ1) is 18.5. The zero-order valence-electron chi connectivity index (χ0n) is 13.6. The van der Waals surface area contributed by atoms with Crippen LogP contribution in [0, 0.1) is 0 Å². The van der Waals surface area contributed by atoms with Crippen molar-refractivity contribution in [3.63, 3.8) is 0 Å². The van der Waals surface area contributed by atoms with Gasteiger partial charge in [0.1, 0.15) is 11.7 Å². The number of hydrogen-bond acceptors (Lipinski definition) is 4. The lowest BCUT2D eigenvalue weighted by Gasteiger charge is -2.35. The van der Waals surface area contributed by atoms with Gasteiger partial charge in [0.25, 0.3) is 5.91 Å². The van der Waals surface area contributed by atoms with E-state index in [2.05, 4.69) is 10.6 Å². The van der Waals surface area contributed by atoms with Crippen LogP contribution in [0.2, 0.25) is 0 Å². The minimum absolute atomic E-state index is 0.154. The summed E-state index contributed by atoms with van der Waals surface area (Å²) in [6.45, 7) is 2.36. The predicted molar refractivity (Wildman–Crippen MR) is 82.0 cm³/mol. The molecule has 2 heterocycles. The molecular weight excluding hydrogens is 325 g/mol. The second-order valence-corrected chi connectivity index (χ2v) is 5.83. The number of alkyl halides is 3. The van der Waals surface area contributed by atoms with Crippen LogP contribution in [0.5, 0.6) is 0 Å². The van der Waals surface area contributed by atoms with Crippen molar-refractivity contribution in [2.75, 3.05) is 32.7 Å². The van der Waals surface area contributed by atoms with E-state index in [4.69, 9.17) is 0 Å². The third-order valence-corrected chi connectivity index (χ3v) is 4.07. The Labute approximate surface area is 138 Å². The Morgan fingerprint density at radius 2 is 1.96 bits per heavy atom. The lowest BCUT2D eigenvalue weighted by atomic mass is 10.2. The fourth-order valence-corrected chi connectivity index (χ4v) is 2.71. The number of amides is 1. The van der Waals surface area contributed by atoms with E-state index in [9.17, 15) is 22.8 Å². The molecule has 1 fully saturated rings. The van der Waals surface area contributed by atoms with Gasteiger partial charge in [-0.1, -0.05) is 0 Å². The Morgan fingerprint density at radius 3 is 2.46 bits per heavy atom. The molecule has 1 aliphatic heterocycles. The molecule has 0 saturated carbocycles. The van der Waals surface area contributed by atoms with Crippen molar-refractivity contribution in [2.24, 2.45) is 7.05 Å². The molecule has 1 aromatic heterocycles. The molecule has 0 radical (unpaired) electrons. The summed E-state index contributed by atoms with van der Waals surface area (Å²) in [7, 11) is 1.57. The fraction of sp³-hybridized carbons (Fsp3) is 0.600. The van der Waals surface area contributed by atoms with Crippen molar-refractivity contribution in [3.05, 3.63) is 23.5 Å². The summed E-state index contributed by atoms with van der Waals surface area (Å²) in [6, 6.07) is -0.346. The summed E-state index contributed by atoms with van der Waals surface area (Å²) in [5.74, 6) is -0.840. The maximum Gasteiger partial charge on any atom is 0.405 e. The predicted octanol–water partition coefficient (Wildman–Crippen LogP) is 0.794. The molecule has 1 aromatic rings. The average Bonchev–Trinajstić information content (AvgIpc) is 2.89. The van der Waals surface area contributed by atoms with Gasteiger partial charge in [0.15, 0.2) is 5.78 Å². The third kappa shape index (κ3) is 4.35. The Kier molecular flexibility index (Phi) is 5.66. The van der Waals surface area contributed by atoms with Crippen molar-refractivity contribution in [3.8, 4) is 0 Å². The number of nitrogens with zero attached hydrogens (tertiary/aromatic N) is 2. The number of nitrogens with one attached hydrogen (secondary N) is 2. The van der Waals surface area contributed by atoms with Gasteiger partial charge in [-0.2, -0.15) is 13.2 Å². The molecule has 134 valence electrons. The molecule has 0 aliphatic carbocycles. The maximum atomic E-state index is 13.3. The number of aromatic nitrogens is 1. The summed E-state index contributed by atoms with van der Waals surface area (Å²) in [5.41, 5.74) is 0.499. The van der Waals surface area contributed by atoms with E-state index in [0.29, 0.717) is 18.7 Å². The highest BCUT2D eigenvalue weighted by Crippen LogP contribution is 2.24. The smallest absolute Gasteiger partial charge is 0.349 e. The highest BCUT2D eigenvalue weighted by molar-refractivity contribution is 5.99. The lowest BCUT2D eigenvalue weighted by molar-refractivity contribution is -0.183. The molecule has 6 nitrogen and oxygen atoms in total. The van der Waals surface area contributed by atoms with E-state index in [-0.39, 0.29) is 24.6 Å². The summed E-state index contributed by atoms with van der Waals surface area (Å²) in [5, 5.41) is 5.34. The number of carbonyl (C=O) groups is 2. The number of ketones is 1. The third-order valence-electron chi connectivity index (χ3n) is 4.07. The van der Waals surface area contributed by atoms with E-state index < -0.39 is 24.7 Å². The van der Waals surface area contributed by atoms with Crippen LogP contribution in [-0.2, 0) is 7.05 Å². The molecule has 9 heteroatoms. The van der Waals surface area contributed by atoms with E-state index in [1.807, 2.05) is 0 Å². The van der Waals surface area contributed by atoms with E-state index in [1.165, 1.54) is 28.7 Å². The lowest BCUT2D eigenvalue weighted by Crippen LogP contribution is -2.57. The molecule has 2 rings (SSSR count). The number of piperazine rings is 1. The largest absolute Gasteiger partial charge is 0.405 e. The van der Waals surface area contributed by atoms with Crippen LogP contribution < -0.4 is 10.6 Å². The molecule has 2 N–H and O–H groups in total.